The van der Waals surface area contributed by atoms with Crippen LogP contribution < -0.4 is 10.6 Å². The molecule has 2 N–H and O–H groups in total. The summed E-state index contributed by atoms with van der Waals surface area (Å²) in [7, 11) is 2.45. The molecule has 170 valence electrons. The first-order valence-electron chi connectivity index (χ1n) is 9.59. The maximum Gasteiger partial charge on any atom is 0.348 e. The lowest BCUT2D eigenvalue weighted by Gasteiger charge is -2.08. The monoisotopic (exact) mass is 460 g/mol. The number of benzene rings is 1. The van der Waals surface area contributed by atoms with E-state index in [1.165, 1.54) is 20.3 Å². The summed E-state index contributed by atoms with van der Waals surface area (Å²) in [6.07, 6.45) is 2.96. The molecule has 2 rings (SSSR count). The standard InChI is InChI=1S/C22H24N2O7S/c1-5-31-17(26)11-8-14-6-9-15(10-7-14)23-12-16(25)24-20-18(21(27)29-3)13(2)19(32-20)22(28)30-4/h6-11,23H,5,12H2,1-4H3,(H,24,25)/b11-8+. The summed E-state index contributed by atoms with van der Waals surface area (Å²) in [5.41, 5.74) is 1.96. The summed E-state index contributed by atoms with van der Waals surface area (Å²) in [5.74, 6) is -2.10. The number of rotatable bonds is 9. The molecule has 1 aromatic carbocycles. The van der Waals surface area contributed by atoms with E-state index in [0.717, 1.165) is 16.9 Å². The van der Waals surface area contributed by atoms with Crippen molar-refractivity contribution < 1.29 is 33.4 Å². The molecule has 0 saturated heterocycles. The summed E-state index contributed by atoms with van der Waals surface area (Å²) in [4.78, 5) is 48.0. The van der Waals surface area contributed by atoms with E-state index in [1.54, 1.807) is 44.2 Å². The Hall–Kier alpha value is -3.66. The second-order valence-corrected chi connectivity index (χ2v) is 7.37. The predicted octanol–water partition coefficient (Wildman–Crippen LogP) is 3.26. The second kappa shape index (κ2) is 11.7. The zero-order valence-corrected chi connectivity index (χ0v) is 19.0. The van der Waals surface area contributed by atoms with Crippen LogP contribution in [-0.4, -0.2) is 51.2 Å². The van der Waals surface area contributed by atoms with Gasteiger partial charge in [-0.15, -0.1) is 11.3 Å². The largest absolute Gasteiger partial charge is 0.465 e. The van der Waals surface area contributed by atoms with E-state index in [0.29, 0.717) is 17.9 Å². The van der Waals surface area contributed by atoms with Crippen LogP contribution in [0.25, 0.3) is 6.08 Å². The summed E-state index contributed by atoms with van der Waals surface area (Å²) in [6.45, 7) is 3.55. The Balaban J connectivity index is 2.03. The van der Waals surface area contributed by atoms with Crippen molar-refractivity contribution in [2.75, 3.05) is 38.0 Å². The number of hydrogen-bond donors (Lipinski definition) is 2. The minimum Gasteiger partial charge on any atom is -0.465 e. The maximum atomic E-state index is 12.4. The van der Waals surface area contributed by atoms with E-state index in [-0.39, 0.29) is 22.0 Å². The molecule has 0 aliphatic rings. The Morgan fingerprint density at radius 3 is 2.28 bits per heavy atom. The fourth-order valence-corrected chi connectivity index (χ4v) is 3.79. The number of anilines is 2. The fraction of sp³-hybridized carbons (Fsp3) is 0.273. The number of carbonyl (C=O) groups excluding carboxylic acids is 4. The third-order valence-corrected chi connectivity index (χ3v) is 5.41. The number of amides is 1. The van der Waals surface area contributed by atoms with Crippen LogP contribution in [0, 0.1) is 6.92 Å². The molecule has 0 aliphatic heterocycles. The van der Waals surface area contributed by atoms with Crippen molar-refractivity contribution in [3.05, 3.63) is 51.9 Å². The van der Waals surface area contributed by atoms with Gasteiger partial charge in [-0.05, 0) is 43.2 Å². The second-order valence-electron chi connectivity index (χ2n) is 6.35. The van der Waals surface area contributed by atoms with Gasteiger partial charge in [0.2, 0.25) is 5.91 Å². The first kappa shape index (κ1) is 24.6. The molecule has 0 bridgehead atoms. The van der Waals surface area contributed by atoms with Crippen LogP contribution in [0.3, 0.4) is 0 Å². The topological polar surface area (TPSA) is 120 Å². The van der Waals surface area contributed by atoms with Gasteiger partial charge >= 0.3 is 17.9 Å². The highest BCUT2D eigenvalue weighted by Gasteiger charge is 2.26. The third-order valence-electron chi connectivity index (χ3n) is 4.22. The van der Waals surface area contributed by atoms with Gasteiger partial charge in [0.05, 0.1) is 32.9 Å². The molecule has 0 atom stereocenters. The molecule has 0 saturated carbocycles. The van der Waals surface area contributed by atoms with Crippen LogP contribution >= 0.6 is 11.3 Å². The average molecular weight is 461 g/mol. The zero-order chi connectivity index (χ0) is 23.7. The molecule has 9 nitrogen and oxygen atoms in total. The highest BCUT2D eigenvalue weighted by molar-refractivity contribution is 7.18. The highest BCUT2D eigenvalue weighted by Crippen LogP contribution is 2.34. The van der Waals surface area contributed by atoms with Crippen LogP contribution in [0.5, 0.6) is 0 Å². The lowest BCUT2D eigenvalue weighted by atomic mass is 10.1. The number of methoxy groups -OCH3 is 2. The van der Waals surface area contributed by atoms with Crippen molar-refractivity contribution in [3.8, 4) is 0 Å². The molecule has 32 heavy (non-hydrogen) atoms. The van der Waals surface area contributed by atoms with Crippen LogP contribution in [-0.2, 0) is 23.8 Å². The molecule has 0 unspecified atom stereocenters. The maximum absolute atomic E-state index is 12.4. The third kappa shape index (κ3) is 6.42. The zero-order valence-electron chi connectivity index (χ0n) is 18.1. The van der Waals surface area contributed by atoms with Gasteiger partial charge in [-0.25, -0.2) is 14.4 Å². The first-order valence-corrected chi connectivity index (χ1v) is 10.4. The molecule has 10 heteroatoms. The SMILES string of the molecule is CCOC(=O)/C=C/c1ccc(NCC(=O)Nc2sc(C(=O)OC)c(C)c2C(=O)OC)cc1. The molecular formula is C22H24N2O7S. The van der Waals surface area contributed by atoms with E-state index < -0.39 is 23.8 Å². The molecule has 0 spiro atoms. The van der Waals surface area contributed by atoms with E-state index in [4.69, 9.17) is 14.2 Å². The predicted molar refractivity (Wildman–Crippen MR) is 121 cm³/mol. The molecule has 1 aromatic heterocycles. The van der Waals surface area contributed by atoms with E-state index >= 15 is 0 Å². The Kier molecular flexibility index (Phi) is 8.96. The van der Waals surface area contributed by atoms with Crippen LogP contribution in [0.1, 0.15) is 38.1 Å². The number of nitrogens with one attached hydrogen (secondary N) is 2. The average Bonchev–Trinajstić information content (AvgIpc) is 3.11. The van der Waals surface area contributed by atoms with Crippen molar-refractivity contribution in [2.24, 2.45) is 0 Å². The lowest BCUT2D eigenvalue weighted by molar-refractivity contribution is -0.137. The van der Waals surface area contributed by atoms with Gasteiger partial charge in [0.1, 0.15) is 9.88 Å². The summed E-state index contributed by atoms with van der Waals surface area (Å²) < 4.78 is 14.3. The van der Waals surface area contributed by atoms with Gasteiger partial charge in [-0.3, -0.25) is 4.79 Å². The number of ether oxygens (including phenoxy) is 3. The first-order chi connectivity index (χ1) is 15.3. The molecule has 0 aliphatic carbocycles. The van der Waals surface area contributed by atoms with Crippen molar-refractivity contribution in [2.45, 2.75) is 13.8 Å². The van der Waals surface area contributed by atoms with E-state index in [2.05, 4.69) is 10.6 Å². The van der Waals surface area contributed by atoms with Gasteiger partial charge in [0.15, 0.2) is 0 Å². The van der Waals surface area contributed by atoms with Crippen LogP contribution in [0.2, 0.25) is 0 Å². The van der Waals surface area contributed by atoms with Gasteiger partial charge in [0, 0.05) is 11.8 Å². The Morgan fingerprint density at radius 2 is 1.69 bits per heavy atom. The number of hydrogen-bond acceptors (Lipinski definition) is 9. The van der Waals surface area contributed by atoms with Crippen molar-refractivity contribution in [1.82, 2.24) is 0 Å². The van der Waals surface area contributed by atoms with Gasteiger partial charge in [-0.1, -0.05) is 12.1 Å². The summed E-state index contributed by atoms with van der Waals surface area (Å²) in [6, 6.07) is 7.05. The molecular weight excluding hydrogens is 436 g/mol. The fourth-order valence-electron chi connectivity index (χ4n) is 2.66. The number of esters is 3. The Morgan fingerprint density at radius 1 is 1.03 bits per heavy atom. The lowest BCUT2D eigenvalue weighted by Crippen LogP contribution is -2.22. The minimum atomic E-state index is -0.663. The normalized spacial score (nSPS) is 10.5. The smallest absolute Gasteiger partial charge is 0.348 e. The van der Waals surface area contributed by atoms with E-state index in [9.17, 15) is 19.2 Å². The molecule has 0 radical (unpaired) electrons. The van der Waals surface area contributed by atoms with E-state index in [1.807, 2.05) is 0 Å². The number of thiophene rings is 1. The van der Waals surface area contributed by atoms with Crippen LogP contribution in [0.15, 0.2) is 30.3 Å². The van der Waals surface area contributed by atoms with Crippen LogP contribution in [0.4, 0.5) is 10.7 Å². The van der Waals surface area contributed by atoms with Gasteiger partial charge in [0.25, 0.3) is 0 Å². The molecule has 0 fully saturated rings. The van der Waals surface area contributed by atoms with Crippen molar-refractivity contribution >= 4 is 51.9 Å². The number of carbonyl (C=O) groups is 4. The van der Waals surface area contributed by atoms with Crippen molar-refractivity contribution in [1.29, 1.82) is 0 Å². The highest BCUT2D eigenvalue weighted by atomic mass is 32.1. The summed E-state index contributed by atoms with van der Waals surface area (Å²) >= 11 is 0.945. The Labute approximate surface area is 189 Å². The van der Waals surface area contributed by atoms with Crippen molar-refractivity contribution in [3.63, 3.8) is 0 Å². The summed E-state index contributed by atoms with van der Waals surface area (Å²) in [5, 5.41) is 5.81. The molecule has 1 amide bonds. The Bertz CT molecular complexity index is 1030. The minimum absolute atomic E-state index is 0.0802. The quantitative estimate of drug-likeness (QED) is 0.332. The molecule has 1 heterocycles. The van der Waals surface area contributed by atoms with Gasteiger partial charge in [-0.2, -0.15) is 0 Å². The molecule has 2 aromatic rings. The van der Waals surface area contributed by atoms with Gasteiger partial charge < -0.3 is 24.8 Å².